The van der Waals surface area contributed by atoms with E-state index < -0.39 is 0 Å². The molecule has 0 aromatic heterocycles. The van der Waals surface area contributed by atoms with Crippen molar-refractivity contribution in [1.82, 2.24) is 4.90 Å². The van der Waals surface area contributed by atoms with E-state index in [0.717, 1.165) is 18.3 Å². The maximum atomic E-state index is 12.0. The zero-order chi connectivity index (χ0) is 15.7. The molecule has 1 aromatic carbocycles. The second-order valence-electron chi connectivity index (χ2n) is 6.88. The van der Waals surface area contributed by atoms with Gasteiger partial charge >= 0.3 is 0 Å². The number of imide groups is 1. The molecule has 3 heteroatoms. The maximum Gasteiger partial charge on any atom is 0.261 e. The predicted octanol–water partition coefficient (Wildman–Crippen LogP) is 4.06. The molecular weight excluding hydrogens is 274 g/mol. The van der Waals surface area contributed by atoms with Gasteiger partial charge < -0.3 is 0 Å². The van der Waals surface area contributed by atoms with Gasteiger partial charge in [-0.15, -0.1) is 0 Å². The van der Waals surface area contributed by atoms with E-state index in [9.17, 15) is 9.59 Å². The van der Waals surface area contributed by atoms with Gasteiger partial charge in [-0.2, -0.15) is 0 Å². The van der Waals surface area contributed by atoms with Gasteiger partial charge in [-0.25, -0.2) is 0 Å². The molecule has 0 unspecified atom stereocenters. The highest BCUT2D eigenvalue weighted by Crippen LogP contribution is 2.33. The van der Waals surface area contributed by atoms with Crippen molar-refractivity contribution in [2.45, 2.75) is 51.9 Å². The van der Waals surface area contributed by atoms with Gasteiger partial charge in [0.1, 0.15) is 0 Å². The van der Waals surface area contributed by atoms with Gasteiger partial charge in [-0.05, 0) is 42.4 Å². The summed E-state index contributed by atoms with van der Waals surface area (Å²) in [5.74, 6) is 1.43. The zero-order valence-electron chi connectivity index (χ0n) is 13.6. The molecule has 0 bridgehead atoms. The van der Waals surface area contributed by atoms with E-state index in [1.807, 2.05) is 18.2 Å². The molecular formula is C19H25NO2. The van der Waals surface area contributed by atoms with Gasteiger partial charge in [0.25, 0.3) is 11.8 Å². The quantitative estimate of drug-likeness (QED) is 0.786. The number of rotatable bonds is 4. The summed E-state index contributed by atoms with van der Waals surface area (Å²) in [6.07, 6.45) is 8.99. The number of hydrogen-bond acceptors (Lipinski definition) is 2. The molecule has 0 radical (unpaired) electrons. The lowest BCUT2D eigenvalue weighted by molar-refractivity contribution is 0.0693. The van der Waals surface area contributed by atoms with Crippen molar-refractivity contribution in [1.29, 1.82) is 0 Å². The van der Waals surface area contributed by atoms with Crippen LogP contribution in [0.2, 0.25) is 0 Å². The predicted molar refractivity (Wildman–Crippen MR) is 86.9 cm³/mol. The molecule has 3 nitrogen and oxygen atoms in total. The molecule has 1 heterocycles. The highest BCUT2D eigenvalue weighted by Gasteiger charge is 2.32. The third kappa shape index (κ3) is 2.81. The van der Waals surface area contributed by atoms with Crippen LogP contribution in [0.15, 0.2) is 18.2 Å². The Hall–Kier alpha value is -1.64. The number of nitrogens with zero attached hydrogens (tertiary/aromatic N) is 1. The number of benzene rings is 1. The molecule has 3 rings (SSSR count). The van der Waals surface area contributed by atoms with Crippen LogP contribution in [0.25, 0.3) is 0 Å². The number of hydrogen-bond donors (Lipinski definition) is 0. The number of carbonyl (C=O) groups excluding carboxylic acids is 2. The molecule has 1 aliphatic heterocycles. The van der Waals surface area contributed by atoms with Crippen molar-refractivity contribution in [3.05, 3.63) is 34.9 Å². The Morgan fingerprint density at radius 2 is 1.64 bits per heavy atom. The average molecular weight is 299 g/mol. The van der Waals surface area contributed by atoms with E-state index in [1.54, 1.807) is 7.05 Å². The number of amides is 2. The fraction of sp³-hybridized carbons (Fsp3) is 0.579. The van der Waals surface area contributed by atoms with Crippen LogP contribution in [0, 0.1) is 11.8 Å². The van der Waals surface area contributed by atoms with Crippen LogP contribution < -0.4 is 0 Å². The van der Waals surface area contributed by atoms with Crippen molar-refractivity contribution < 1.29 is 9.59 Å². The lowest BCUT2D eigenvalue weighted by Crippen LogP contribution is -2.24. The van der Waals surface area contributed by atoms with Crippen molar-refractivity contribution in [3.8, 4) is 0 Å². The summed E-state index contributed by atoms with van der Waals surface area (Å²) in [4.78, 5) is 25.1. The first kappa shape index (κ1) is 15.3. The number of aryl methyl sites for hydroxylation is 1. The standard InChI is InChI=1S/C19H25NO2/c1-3-13-4-6-14(7-5-13)8-9-15-10-11-16-17(12-15)19(22)20(2)18(16)21/h10-14H,3-9H2,1-2H3. The summed E-state index contributed by atoms with van der Waals surface area (Å²) >= 11 is 0. The van der Waals surface area contributed by atoms with Crippen LogP contribution in [-0.4, -0.2) is 23.8 Å². The van der Waals surface area contributed by atoms with Crippen molar-refractivity contribution in [3.63, 3.8) is 0 Å². The third-order valence-corrected chi connectivity index (χ3v) is 5.54. The fourth-order valence-electron chi connectivity index (χ4n) is 3.86. The van der Waals surface area contributed by atoms with E-state index in [0.29, 0.717) is 11.1 Å². The molecule has 2 amide bonds. The molecule has 0 saturated heterocycles. The SMILES string of the molecule is CCC1CCC(CCc2ccc3c(c2)C(=O)N(C)C3=O)CC1. The van der Waals surface area contributed by atoms with Gasteiger partial charge in [0.05, 0.1) is 11.1 Å². The van der Waals surface area contributed by atoms with Gasteiger partial charge in [0.2, 0.25) is 0 Å². The first-order chi connectivity index (χ1) is 10.6. The molecule has 1 fully saturated rings. The number of carbonyl (C=O) groups is 2. The van der Waals surface area contributed by atoms with Crippen LogP contribution >= 0.6 is 0 Å². The third-order valence-electron chi connectivity index (χ3n) is 5.54. The molecule has 0 spiro atoms. The van der Waals surface area contributed by atoms with Gasteiger partial charge in [-0.1, -0.05) is 45.1 Å². The van der Waals surface area contributed by atoms with E-state index >= 15 is 0 Å². The Bertz CT molecular complexity index is 585. The van der Waals surface area contributed by atoms with Crippen LogP contribution in [0.3, 0.4) is 0 Å². The Morgan fingerprint density at radius 3 is 2.32 bits per heavy atom. The second kappa shape index (κ2) is 6.23. The summed E-state index contributed by atoms with van der Waals surface area (Å²) in [6, 6.07) is 5.76. The van der Waals surface area contributed by atoms with E-state index in [1.165, 1.54) is 49.0 Å². The Kier molecular flexibility index (Phi) is 4.32. The first-order valence-corrected chi connectivity index (χ1v) is 8.55. The normalized spacial score (nSPS) is 24.7. The molecule has 1 aliphatic carbocycles. The largest absolute Gasteiger partial charge is 0.277 e. The fourth-order valence-corrected chi connectivity index (χ4v) is 3.86. The summed E-state index contributed by atoms with van der Waals surface area (Å²) < 4.78 is 0. The molecule has 0 N–H and O–H groups in total. The molecule has 2 aliphatic rings. The highest BCUT2D eigenvalue weighted by molar-refractivity contribution is 6.21. The minimum Gasteiger partial charge on any atom is -0.277 e. The minimum atomic E-state index is -0.176. The van der Waals surface area contributed by atoms with Crippen LogP contribution in [-0.2, 0) is 6.42 Å². The monoisotopic (exact) mass is 299 g/mol. The van der Waals surface area contributed by atoms with E-state index in [-0.39, 0.29) is 11.8 Å². The van der Waals surface area contributed by atoms with Crippen molar-refractivity contribution in [2.75, 3.05) is 7.05 Å². The topological polar surface area (TPSA) is 37.4 Å². The molecule has 1 aromatic rings. The van der Waals surface area contributed by atoms with Crippen LogP contribution in [0.1, 0.15) is 71.7 Å². The molecule has 0 atom stereocenters. The van der Waals surface area contributed by atoms with Gasteiger partial charge in [-0.3, -0.25) is 14.5 Å². The Balaban J connectivity index is 1.61. The molecule has 22 heavy (non-hydrogen) atoms. The Labute approximate surface area is 132 Å². The minimum absolute atomic E-state index is 0.162. The van der Waals surface area contributed by atoms with Gasteiger partial charge in [0, 0.05) is 7.05 Å². The summed E-state index contributed by atoms with van der Waals surface area (Å²) in [5.41, 5.74) is 2.33. The Morgan fingerprint density at radius 1 is 1.00 bits per heavy atom. The molecule has 118 valence electrons. The van der Waals surface area contributed by atoms with Crippen LogP contribution in [0.4, 0.5) is 0 Å². The zero-order valence-corrected chi connectivity index (χ0v) is 13.6. The summed E-state index contributed by atoms with van der Waals surface area (Å²) in [7, 11) is 1.55. The summed E-state index contributed by atoms with van der Waals surface area (Å²) in [6.45, 7) is 2.30. The smallest absolute Gasteiger partial charge is 0.261 e. The summed E-state index contributed by atoms with van der Waals surface area (Å²) in [5, 5.41) is 0. The lowest BCUT2D eigenvalue weighted by Gasteiger charge is -2.27. The maximum absolute atomic E-state index is 12.0. The second-order valence-corrected chi connectivity index (χ2v) is 6.88. The van der Waals surface area contributed by atoms with Gasteiger partial charge in [0.15, 0.2) is 0 Å². The van der Waals surface area contributed by atoms with Crippen molar-refractivity contribution in [2.24, 2.45) is 11.8 Å². The molecule has 1 saturated carbocycles. The van der Waals surface area contributed by atoms with Crippen molar-refractivity contribution >= 4 is 11.8 Å². The highest BCUT2D eigenvalue weighted by atomic mass is 16.2. The first-order valence-electron chi connectivity index (χ1n) is 8.55. The lowest BCUT2D eigenvalue weighted by atomic mass is 9.78. The van der Waals surface area contributed by atoms with E-state index in [4.69, 9.17) is 0 Å². The number of fused-ring (bicyclic) bond motifs is 1. The average Bonchev–Trinajstić information content (AvgIpc) is 2.78. The van der Waals surface area contributed by atoms with E-state index in [2.05, 4.69) is 6.92 Å². The van der Waals surface area contributed by atoms with Crippen LogP contribution in [0.5, 0.6) is 0 Å².